The summed E-state index contributed by atoms with van der Waals surface area (Å²) in [6.45, 7) is 12.4. The van der Waals surface area contributed by atoms with Crippen molar-refractivity contribution in [1.29, 1.82) is 0 Å². The van der Waals surface area contributed by atoms with Crippen LogP contribution in [0.25, 0.3) is 0 Å². The van der Waals surface area contributed by atoms with Crippen molar-refractivity contribution in [3.05, 3.63) is 11.6 Å². The number of epoxide rings is 1. The second kappa shape index (κ2) is 8.88. The standard InChI is InChI=1S/C34H52O5/c1-19-7-6-12-32(4)21(19)10-13-33(5)22-11-14-34(30(37)29-26(36)28-27(39-28)24(18-35)38-29)16-15-31(2,3)17-23(34)20(22)8-9-25(32)33/h8,19,21-29,35-36H,6-7,9-18H2,1-5H3. The summed E-state index contributed by atoms with van der Waals surface area (Å²) in [4.78, 5) is 14.6. The molecule has 0 spiro atoms. The number of hydrogen-bond acceptors (Lipinski definition) is 5. The summed E-state index contributed by atoms with van der Waals surface area (Å²) < 4.78 is 11.8. The first-order chi connectivity index (χ1) is 18.4. The normalized spacial score (nSPS) is 55.6. The molecule has 2 N–H and O–H groups in total. The van der Waals surface area contributed by atoms with Gasteiger partial charge in [0.1, 0.15) is 30.5 Å². The lowest BCUT2D eigenvalue weighted by atomic mass is 9.38. The number of Topliss-reactive ketones (excluding diaryl/α,β-unsaturated/α-hetero) is 1. The van der Waals surface area contributed by atoms with Crippen LogP contribution >= 0.6 is 0 Å². The minimum atomic E-state index is -0.932. The average molecular weight is 541 g/mol. The van der Waals surface area contributed by atoms with Gasteiger partial charge in [-0.2, -0.15) is 0 Å². The topological polar surface area (TPSA) is 79.3 Å². The Balaban J connectivity index is 1.25. The first-order valence-corrected chi connectivity index (χ1v) is 16.3. The Morgan fingerprint density at radius 2 is 1.74 bits per heavy atom. The molecule has 13 unspecified atom stereocenters. The van der Waals surface area contributed by atoms with Crippen molar-refractivity contribution in [2.75, 3.05) is 6.61 Å². The molecule has 218 valence electrons. The average Bonchev–Trinajstić information content (AvgIpc) is 3.70. The van der Waals surface area contributed by atoms with E-state index in [4.69, 9.17) is 9.47 Å². The highest BCUT2D eigenvalue weighted by Gasteiger charge is 2.66. The fourth-order valence-corrected chi connectivity index (χ4v) is 11.9. The molecule has 0 aromatic heterocycles. The molecule has 4 saturated carbocycles. The van der Waals surface area contributed by atoms with E-state index in [-0.39, 0.29) is 35.9 Å². The Hall–Kier alpha value is -0.750. The predicted octanol–water partition coefficient (Wildman–Crippen LogP) is 5.86. The quantitative estimate of drug-likeness (QED) is 0.347. The molecule has 39 heavy (non-hydrogen) atoms. The van der Waals surface area contributed by atoms with Gasteiger partial charge in [-0.1, -0.05) is 59.1 Å². The maximum absolute atomic E-state index is 14.6. The number of carbonyl (C=O) groups excluding carboxylic acids is 1. The van der Waals surface area contributed by atoms with Crippen molar-refractivity contribution in [1.82, 2.24) is 0 Å². The molecule has 2 aliphatic heterocycles. The van der Waals surface area contributed by atoms with Crippen molar-refractivity contribution in [2.45, 2.75) is 136 Å². The molecular formula is C34H52O5. The Morgan fingerprint density at radius 3 is 2.51 bits per heavy atom. The Bertz CT molecular complexity index is 1050. The lowest BCUT2D eigenvalue weighted by Crippen LogP contribution is -2.61. The molecule has 0 aromatic carbocycles. The van der Waals surface area contributed by atoms with Gasteiger partial charge in [-0.05, 0) is 104 Å². The fraction of sp³-hybridized carbons (Fsp3) is 0.912. The molecule has 7 rings (SSSR count). The van der Waals surface area contributed by atoms with E-state index < -0.39 is 23.7 Å². The number of ketones is 1. The van der Waals surface area contributed by atoms with Crippen LogP contribution in [-0.4, -0.2) is 53.1 Å². The van der Waals surface area contributed by atoms with Crippen LogP contribution in [0.15, 0.2) is 11.6 Å². The summed E-state index contributed by atoms with van der Waals surface area (Å²) >= 11 is 0. The zero-order valence-electron chi connectivity index (χ0n) is 25.0. The molecule has 13 atom stereocenters. The van der Waals surface area contributed by atoms with E-state index in [0.29, 0.717) is 16.7 Å². The SMILES string of the molecule is CC1CCCC2(C)C1CCC1(C)C3CCC4(C(=O)C5OC(CO)C6OC6C5O)CCC(C)(C)CC4C3=CCC12. The largest absolute Gasteiger partial charge is 0.394 e. The second-order valence-corrected chi connectivity index (χ2v) is 16.4. The van der Waals surface area contributed by atoms with Gasteiger partial charge in [0, 0.05) is 5.41 Å². The summed E-state index contributed by atoms with van der Waals surface area (Å²) in [6.07, 6.45) is 12.6. The zero-order valence-corrected chi connectivity index (χ0v) is 25.0. The first-order valence-electron chi connectivity index (χ1n) is 16.3. The summed E-state index contributed by atoms with van der Waals surface area (Å²) in [5.41, 5.74) is 2.04. The van der Waals surface area contributed by atoms with Gasteiger partial charge in [-0.15, -0.1) is 0 Å². The highest BCUT2D eigenvalue weighted by molar-refractivity contribution is 5.91. The van der Waals surface area contributed by atoms with Crippen LogP contribution in [-0.2, 0) is 14.3 Å². The van der Waals surface area contributed by atoms with Crippen LogP contribution in [0.5, 0.6) is 0 Å². The zero-order chi connectivity index (χ0) is 27.5. The van der Waals surface area contributed by atoms with E-state index in [9.17, 15) is 15.0 Å². The number of fused-ring (bicyclic) bond motifs is 8. The van der Waals surface area contributed by atoms with Crippen LogP contribution in [0.1, 0.15) is 105 Å². The minimum Gasteiger partial charge on any atom is -0.394 e. The Morgan fingerprint density at radius 1 is 0.949 bits per heavy atom. The number of rotatable bonds is 3. The van der Waals surface area contributed by atoms with E-state index >= 15 is 0 Å². The van der Waals surface area contributed by atoms with Crippen molar-refractivity contribution in [3.8, 4) is 0 Å². The van der Waals surface area contributed by atoms with Gasteiger partial charge >= 0.3 is 0 Å². The molecule has 0 bridgehead atoms. The van der Waals surface area contributed by atoms with Gasteiger partial charge in [0.15, 0.2) is 5.78 Å². The fourth-order valence-electron chi connectivity index (χ4n) is 11.9. The molecule has 0 aromatic rings. The van der Waals surface area contributed by atoms with Gasteiger partial charge in [-0.3, -0.25) is 4.79 Å². The molecular weight excluding hydrogens is 488 g/mol. The highest BCUT2D eigenvalue weighted by Crippen LogP contribution is 2.71. The van der Waals surface area contributed by atoms with Gasteiger partial charge in [0.2, 0.25) is 0 Å². The maximum Gasteiger partial charge on any atom is 0.171 e. The van der Waals surface area contributed by atoms with Gasteiger partial charge in [0.05, 0.1) is 6.61 Å². The third-order valence-corrected chi connectivity index (χ3v) is 14.1. The van der Waals surface area contributed by atoms with Crippen molar-refractivity contribution in [3.63, 3.8) is 0 Å². The molecule has 0 radical (unpaired) electrons. The lowest BCUT2D eigenvalue weighted by Gasteiger charge is -2.66. The second-order valence-electron chi connectivity index (χ2n) is 16.4. The van der Waals surface area contributed by atoms with E-state index in [1.165, 1.54) is 32.1 Å². The van der Waals surface area contributed by atoms with Crippen LogP contribution in [0.4, 0.5) is 0 Å². The van der Waals surface area contributed by atoms with Crippen molar-refractivity contribution < 1.29 is 24.5 Å². The third-order valence-electron chi connectivity index (χ3n) is 14.1. The molecule has 5 heteroatoms. The molecule has 2 heterocycles. The molecule has 2 saturated heterocycles. The summed E-state index contributed by atoms with van der Waals surface area (Å²) in [7, 11) is 0. The minimum absolute atomic E-state index is 0.0892. The van der Waals surface area contributed by atoms with Crippen molar-refractivity contribution >= 4 is 5.78 Å². The van der Waals surface area contributed by atoms with Crippen LogP contribution < -0.4 is 0 Å². The number of hydrogen-bond donors (Lipinski definition) is 2. The predicted molar refractivity (Wildman–Crippen MR) is 150 cm³/mol. The number of carbonyl (C=O) groups is 1. The lowest BCUT2D eigenvalue weighted by molar-refractivity contribution is -0.175. The molecule has 6 fully saturated rings. The number of allylic oxidation sites excluding steroid dienone is 2. The van der Waals surface area contributed by atoms with Crippen molar-refractivity contribution in [2.24, 2.45) is 51.2 Å². The summed E-state index contributed by atoms with van der Waals surface area (Å²) in [6, 6.07) is 0. The number of aliphatic hydroxyl groups excluding tert-OH is 2. The summed E-state index contributed by atoms with van der Waals surface area (Å²) in [5.74, 6) is 3.31. The van der Waals surface area contributed by atoms with Crippen LogP contribution in [0.2, 0.25) is 0 Å². The maximum atomic E-state index is 14.6. The Labute approximate surface area is 235 Å². The Kier molecular flexibility index (Phi) is 6.17. The number of ether oxygens (including phenoxy) is 2. The molecule has 0 amide bonds. The molecule has 7 aliphatic rings. The monoisotopic (exact) mass is 540 g/mol. The molecule has 5 nitrogen and oxygen atoms in total. The van der Waals surface area contributed by atoms with Gasteiger partial charge in [0.25, 0.3) is 0 Å². The highest BCUT2D eigenvalue weighted by atomic mass is 16.7. The van der Waals surface area contributed by atoms with E-state index in [2.05, 4.69) is 40.7 Å². The third kappa shape index (κ3) is 3.74. The van der Waals surface area contributed by atoms with Gasteiger partial charge in [-0.25, -0.2) is 0 Å². The van der Waals surface area contributed by atoms with Crippen LogP contribution in [0, 0.1) is 51.2 Å². The summed E-state index contributed by atoms with van der Waals surface area (Å²) in [5, 5.41) is 21.0. The van der Waals surface area contributed by atoms with E-state index in [1.54, 1.807) is 5.57 Å². The van der Waals surface area contributed by atoms with Crippen LogP contribution in [0.3, 0.4) is 0 Å². The number of aliphatic hydroxyl groups is 2. The van der Waals surface area contributed by atoms with Gasteiger partial charge < -0.3 is 19.7 Å². The first kappa shape index (κ1) is 27.1. The smallest absolute Gasteiger partial charge is 0.171 e. The molecule has 5 aliphatic carbocycles. The van der Waals surface area contributed by atoms with E-state index in [1.807, 2.05) is 0 Å². The van der Waals surface area contributed by atoms with E-state index in [0.717, 1.165) is 56.3 Å².